The van der Waals surface area contributed by atoms with Crippen LogP contribution in [0.5, 0.6) is 11.5 Å². The number of benzene rings is 2. The minimum atomic E-state index is -3.60. The number of nitrogens with zero attached hydrogens (tertiary/aromatic N) is 3. The van der Waals surface area contributed by atoms with Crippen LogP contribution in [-0.4, -0.2) is 50.5 Å². The van der Waals surface area contributed by atoms with E-state index in [1.54, 1.807) is 20.3 Å². The van der Waals surface area contributed by atoms with E-state index in [1.807, 2.05) is 31.4 Å². The minimum absolute atomic E-state index is 0.171. The highest BCUT2D eigenvalue weighted by molar-refractivity contribution is 7.89. The van der Waals surface area contributed by atoms with Gasteiger partial charge in [-0.1, -0.05) is 31.6 Å². The Labute approximate surface area is 204 Å². The number of hydrogen-bond donors (Lipinski definition) is 0. The maximum Gasteiger partial charge on any atom is 0.279 e. The van der Waals surface area contributed by atoms with Crippen molar-refractivity contribution >= 4 is 37.5 Å². The van der Waals surface area contributed by atoms with Gasteiger partial charge in [0.1, 0.15) is 17.0 Å². The lowest BCUT2D eigenvalue weighted by Gasteiger charge is -2.20. The molecule has 0 N–H and O–H groups in total. The molecule has 1 aromatic heterocycles. The summed E-state index contributed by atoms with van der Waals surface area (Å²) in [5.41, 5.74) is 1.16. The molecule has 0 fully saturated rings. The van der Waals surface area contributed by atoms with Crippen molar-refractivity contribution < 1.29 is 22.7 Å². The maximum absolute atomic E-state index is 12.9. The Morgan fingerprint density at radius 2 is 1.79 bits per heavy atom. The van der Waals surface area contributed by atoms with Crippen molar-refractivity contribution in [1.82, 2.24) is 8.87 Å². The fraction of sp³-hybridized carbons (Fsp3) is 0.417. The van der Waals surface area contributed by atoms with Crippen molar-refractivity contribution in [3.63, 3.8) is 0 Å². The molecule has 0 bridgehead atoms. The van der Waals surface area contributed by atoms with Gasteiger partial charge < -0.3 is 14.0 Å². The first-order valence-corrected chi connectivity index (χ1v) is 13.5. The third-order valence-corrected chi connectivity index (χ3v) is 8.55. The number of amides is 1. The molecule has 1 heterocycles. The molecule has 8 nitrogen and oxygen atoms in total. The van der Waals surface area contributed by atoms with E-state index in [4.69, 9.17) is 9.47 Å². The summed E-state index contributed by atoms with van der Waals surface area (Å²) in [6.07, 6.45) is 1.71. The third-order valence-electron chi connectivity index (χ3n) is 5.54. The van der Waals surface area contributed by atoms with Gasteiger partial charge in [0.15, 0.2) is 4.80 Å². The van der Waals surface area contributed by atoms with Gasteiger partial charge in [0.2, 0.25) is 10.0 Å². The summed E-state index contributed by atoms with van der Waals surface area (Å²) >= 11 is 1.37. The molecule has 0 aliphatic heterocycles. The van der Waals surface area contributed by atoms with Crippen LogP contribution in [0.4, 0.5) is 0 Å². The van der Waals surface area contributed by atoms with Gasteiger partial charge in [-0.15, -0.1) is 0 Å². The van der Waals surface area contributed by atoms with Crippen LogP contribution in [0.2, 0.25) is 0 Å². The molecule has 0 aliphatic rings. The van der Waals surface area contributed by atoms with E-state index in [0.717, 1.165) is 23.1 Å². The van der Waals surface area contributed by atoms with Crippen LogP contribution in [0, 0.1) is 0 Å². The third kappa shape index (κ3) is 5.18. The largest absolute Gasteiger partial charge is 0.497 e. The van der Waals surface area contributed by atoms with Crippen molar-refractivity contribution in [2.45, 2.75) is 45.1 Å². The van der Waals surface area contributed by atoms with Gasteiger partial charge >= 0.3 is 0 Å². The van der Waals surface area contributed by atoms with Crippen LogP contribution >= 0.6 is 11.3 Å². The van der Waals surface area contributed by atoms with E-state index in [-0.39, 0.29) is 4.90 Å². The van der Waals surface area contributed by atoms with Crippen LogP contribution in [0.25, 0.3) is 10.2 Å². The zero-order valence-electron chi connectivity index (χ0n) is 20.2. The Bertz CT molecular complexity index is 1330. The fourth-order valence-corrected chi connectivity index (χ4v) is 6.28. The zero-order valence-corrected chi connectivity index (χ0v) is 21.8. The second kappa shape index (κ2) is 11.2. The number of ether oxygens (including phenoxy) is 2. The van der Waals surface area contributed by atoms with E-state index >= 15 is 0 Å². The van der Waals surface area contributed by atoms with E-state index < -0.39 is 15.9 Å². The first kappa shape index (κ1) is 25.9. The molecular weight excluding hydrogens is 474 g/mol. The molecule has 3 aromatic rings. The number of unbranched alkanes of at least 4 members (excludes halogenated alkanes) is 1. The lowest BCUT2D eigenvalue weighted by molar-refractivity contribution is 0.0997. The molecule has 2 aromatic carbocycles. The van der Waals surface area contributed by atoms with E-state index in [2.05, 4.69) is 4.99 Å². The number of fused-ring (bicyclic) bond motifs is 1. The van der Waals surface area contributed by atoms with Gasteiger partial charge in [-0.2, -0.15) is 9.30 Å². The number of aryl methyl sites for hydroxylation is 1. The van der Waals surface area contributed by atoms with Crippen molar-refractivity contribution in [1.29, 1.82) is 0 Å². The molecule has 0 spiro atoms. The molecule has 0 radical (unpaired) electrons. The van der Waals surface area contributed by atoms with Gasteiger partial charge in [-0.3, -0.25) is 4.79 Å². The topological polar surface area (TPSA) is 90.2 Å². The maximum atomic E-state index is 12.9. The quantitative estimate of drug-likeness (QED) is 0.410. The first-order valence-electron chi connectivity index (χ1n) is 11.2. The minimum Gasteiger partial charge on any atom is -0.497 e. The molecule has 0 aliphatic carbocycles. The molecule has 0 saturated carbocycles. The van der Waals surface area contributed by atoms with Crippen LogP contribution in [0.3, 0.4) is 0 Å². The summed E-state index contributed by atoms with van der Waals surface area (Å²) in [5.74, 6) is 0.852. The van der Waals surface area contributed by atoms with Crippen molar-refractivity contribution in [3.05, 3.63) is 46.8 Å². The number of methoxy groups -OCH3 is 2. The number of hydrogen-bond acceptors (Lipinski definition) is 6. The summed E-state index contributed by atoms with van der Waals surface area (Å²) in [5, 5.41) is 0. The van der Waals surface area contributed by atoms with Crippen molar-refractivity contribution in [2.24, 2.45) is 4.99 Å². The average Bonchev–Trinajstić information content (AvgIpc) is 3.20. The molecule has 0 saturated heterocycles. The Morgan fingerprint density at radius 3 is 2.35 bits per heavy atom. The number of carbonyl (C=O) groups is 1. The molecule has 34 heavy (non-hydrogen) atoms. The highest BCUT2D eigenvalue weighted by Crippen LogP contribution is 2.32. The van der Waals surface area contributed by atoms with Gasteiger partial charge in [0, 0.05) is 31.3 Å². The number of rotatable bonds is 10. The predicted molar refractivity (Wildman–Crippen MR) is 134 cm³/mol. The van der Waals surface area contributed by atoms with Gasteiger partial charge in [0.05, 0.1) is 23.8 Å². The lowest BCUT2D eigenvalue weighted by Crippen LogP contribution is -2.31. The number of aromatic nitrogens is 1. The van der Waals surface area contributed by atoms with Crippen molar-refractivity contribution in [3.8, 4) is 11.5 Å². The molecule has 10 heteroatoms. The van der Waals surface area contributed by atoms with Crippen LogP contribution < -0.4 is 14.3 Å². The zero-order chi connectivity index (χ0) is 24.9. The summed E-state index contributed by atoms with van der Waals surface area (Å²) in [6, 6.07) is 9.65. The van der Waals surface area contributed by atoms with Gasteiger partial charge in [-0.05, 0) is 43.7 Å². The van der Waals surface area contributed by atoms with Crippen LogP contribution in [0.15, 0.2) is 46.3 Å². The Balaban J connectivity index is 1.97. The molecule has 1 amide bonds. The van der Waals surface area contributed by atoms with Gasteiger partial charge in [-0.25, -0.2) is 8.42 Å². The van der Waals surface area contributed by atoms with Crippen LogP contribution in [0.1, 0.15) is 44.0 Å². The Hall–Kier alpha value is -2.69. The number of sulfonamides is 1. The lowest BCUT2D eigenvalue weighted by atomic mass is 10.2. The molecule has 3 rings (SSSR count). The second-order valence-electron chi connectivity index (χ2n) is 7.60. The fourth-order valence-electron chi connectivity index (χ4n) is 3.65. The van der Waals surface area contributed by atoms with E-state index in [9.17, 15) is 13.2 Å². The standard InChI is InChI=1S/C24H31N3O5S2/c1-6-9-14-26(7-2)34(29,30)19-12-10-17(11-13-19)23(28)25-24-27(8-3)22-20(32-5)15-18(31-4)16-21(22)33-24/h10-13,15-16H,6-9,14H2,1-5H3. The molecule has 184 valence electrons. The normalized spacial score (nSPS) is 12.5. The van der Waals surface area contributed by atoms with Crippen molar-refractivity contribution in [2.75, 3.05) is 27.3 Å². The summed E-state index contributed by atoms with van der Waals surface area (Å²) in [6.45, 7) is 7.28. The first-order chi connectivity index (χ1) is 16.3. The second-order valence-corrected chi connectivity index (χ2v) is 10.5. The summed E-state index contributed by atoms with van der Waals surface area (Å²) in [7, 11) is -0.427. The van der Waals surface area contributed by atoms with E-state index in [1.165, 1.54) is 39.9 Å². The predicted octanol–water partition coefficient (Wildman–Crippen LogP) is 4.29. The Morgan fingerprint density at radius 1 is 1.09 bits per heavy atom. The molecular formula is C24H31N3O5S2. The highest BCUT2D eigenvalue weighted by Gasteiger charge is 2.23. The van der Waals surface area contributed by atoms with Crippen LogP contribution in [-0.2, 0) is 16.6 Å². The number of thiazole rings is 1. The SMILES string of the molecule is CCCCN(CC)S(=O)(=O)c1ccc(C(=O)N=c2sc3cc(OC)cc(OC)c3n2CC)cc1. The van der Waals surface area contributed by atoms with Gasteiger partial charge in [0.25, 0.3) is 5.91 Å². The molecule has 0 unspecified atom stereocenters. The highest BCUT2D eigenvalue weighted by atomic mass is 32.2. The smallest absolute Gasteiger partial charge is 0.279 e. The van der Waals surface area contributed by atoms with E-state index in [0.29, 0.717) is 41.5 Å². The summed E-state index contributed by atoms with van der Waals surface area (Å²) in [4.78, 5) is 18.0. The molecule has 0 atom stereocenters. The summed E-state index contributed by atoms with van der Waals surface area (Å²) < 4.78 is 41.0. The Kier molecular flexibility index (Phi) is 8.51. The number of carbonyl (C=O) groups excluding carboxylic acids is 1. The monoisotopic (exact) mass is 505 g/mol. The average molecular weight is 506 g/mol.